The highest BCUT2D eigenvalue weighted by Gasteiger charge is 2.14. The number of nitrogens with zero attached hydrogens (tertiary/aromatic N) is 5. The van der Waals surface area contributed by atoms with E-state index in [9.17, 15) is 0 Å². The lowest BCUT2D eigenvalue weighted by Crippen LogP contribution is -2.10. The lowest BCUT2D eigenvalue weighted by molar-refractivity contribution is 0.559. The summed E-state index contributed by atoms with van der Waals surface area (Å²) in [5, 5.41) is 7.72. The summed E-state index contributed by atoms with van der Waals surface area (Å²) >= 11 is 0. The van der Waals surface area contributed by atoms with Gasteiger partial charge in [0.05, 0.1) is 34.8 Å². The number of aryl methyl sites for hydroxylation is 2. The van der Waals surface area contributed by atoms with Crippen molar-refractivity contribution < 1.29 is 0 Å². The Bertz CT molecular complexity index is 1290. The van der Waals surface area contributed by atoms with Crippen molar-refractivity contribution in [2.45, 2.75) is 25.9 Å². The van der Waals surface area contributed by atoms with Crippen LogP contribution in [-0.4, -0.2) is 34.9 Å². The molecule has 150 valence electrons. The van der Waals surface area contributed by atoms with Gasteiger partial charge in [0.15, 0.2) is 0 Å². The highest BCUT2D eigenvalue weighted by molar-refractivity contribution is 5.98. The Morgan fingerprint density at radius 2 is 1.97 bits per heavy atom. The van der Waals surface area contributed by atoms with E-state index in [1.54, 1.807) is 6.20 Å². The number of nitrogens with two attached hydrogens (primary N) is 1. The average Bonchev–Trinajstić information content (AvgIpc) is 3.46. The molecule has 0 saturated carbocycles. The SMILES string of the molecule is N=C(N)c1ccc2c(c1)nc(Cc1nc3ccccc3[nH]1)n2CCCn1ccnc1. The van der Waals surface area contributed by atoms with Crippen LogP contribution in [0.15, 0.2) is 61.2 Å². The van der Waals surface area contributed by atoms with Crippen molar-refractivity contribution >= 4 is 27.9 Å². The van der Waals surface area contributed by atoms with E-state index in [0.717, 1.165) is 53.2 Å². The Morgan fingerprint density at radius 3 is 2.77 bits per heavy atom. The van der Waals surface area contributed by atoms with Crippen LogP contribution < -0.4 is 5.73 Å². The number of hydrogen-bond acceptors (Lipinski definition) is 4. The van der Waals surface area contributed by atoms with E-state index in [1.165, 1.54) is 0 Å². The van der Waals surface area contributed by atoms with Crippen molar-refractivity contribution in [3.63, 3.8) is 0 Å². The number of para-hydroxylation sites is 2. The second-order valence-corrected chi connectivity index (χ2v) is 7.33. The van der Waals surface area contributed by atoms with Crippen molar-refractivity contribution in [1.82, 2.24) is 29.1 Å². The molecular formula is C22H22N8. The minimum atomic E-state index is 0.0467. The molecule has 5 rings (SSSR count). The molecule has 0 bridgehead atoms. The number of aromatic amines is 1. The number of benzene rings is 2. The molecule has 0 spiro atoms. The summed E-state index contributed by atoms with van der Waals surface area (Å²) < 4.78 is 4.31. The first-order valence-electron chi connectivity index (χ1n) is 9.90. The number of H-pyrrole nitrogens is 1. The number of nitrogen functional groups attached to an aromatic ring is 1. The number of nitrogens with one attached hydrogen (secondary N) is 2. The topological polar surface area (TPSA) is 114 Å². The van der Waals surface area contributed by atoms with Gasteiger partial charge in [-0.05, 0) is 36.8 Å². The molecule has 0 aliphatic carbocycles. The fourth-order valence-electron chi connectivity index (χ4n) is 3.80. The molecule has 8 heteroatoms. The second-order valence-electron chi connectivity index (χ2n) is 7.33. The summed E-state index contributed by atoms with van der Waals surface area (Å²) in [6.07, 6.45) is 7.15. The van der Waals surface area contributed by atoms with Gasteiger partial charge in [0.1, 0.15) is 17.5 Å². The van der Waals surface area contributed by atoms with Gasteiger partial charge < -0.3 is 19.9 Å². The smallest absolute Gasteiger partial charge is 0.122 e. The molecular weight excluding hydrogens is 376 g/mol. The van der Waals surface area contributed by atoms with Crippen LogP contribution in [0.25, 0.3) is 22.1 Å². The summed E-state index contributed by atoms with van der Waals surface area (Å²) in [5.74, 6) is 1.87. The Kier molecular flexibility index (Phi) is 4.51. The number of rotatable bonds is 7. The van der Waals surface area contributed by atoms with Crippen molar-refractivity contribution in [1.29, 1.82) is 5.41 Å². The van der Waals surface area contributed by atoms with Gasteiger partial charge in [-0.3, -0.25) is 5.41 Å². The zero-order valence-corrected chi connectivity index (χ0v) is 16.4. The van der Waals surface area contributed by atoms with Crippen molar-refractivity contribution in [2.75, 3.05) is 0 Å². The van der Waals surface area contributed by atoms with Crippen LogP contribution in [0.2, 0.25) is 0 Å². The zero-order chi connectivity index (χ0) is 20.5. The molecule has 3 heterocycles. The molecule has 0 fully saturated rings. The highest BCUT2D eigenvalue weighted by atomic mass is 15.1. The van der Waals surface area contributed by atoms with Crippen LogP contribution in [0.5, 0.6) is 0 Å². The maximum atomic E-state index is 7.72. The van der Waals surface area contributed by atoms with Gasteiger partial charge in [0.2, 0.25) is 0 Å². The largest absolute Gasteiger partial charge is 0.384 e. The van der Waals surface area contributed by atoms with Crippen LogP contribution >= 0.6 is 0 Å². The van der Waals surface area contributed by atoms with Crippen molar-refractivity contribution in [2.24, 2.45) is 5.73 Å². The summed E-state index contributed by atoms with van der Waals surface area (Å²) in [6.45, 7) is 1.71. The number of imidazole rings is 3. The summed E-state index contributed by atoms with van der Waals surface area (Å²) in [6, 6.07) is 13.8. The quantitative estimate of drug-likeness (QED) is 0.289. The van der Waals surface area contributed by atoms with Crippen LogP contribution in [-0.2, 0) is 19.5 Å². The standard InChI is InChI=1S/C22H22N8/c23-22(24)15-6-7-19-18(12-15)28-21(30(19)10-3-9-29-11-8-25-14-29)13-20-26-16-4-1-2-5-17(16)27-20/h1-2,4-8,11-12,14H,3,9-10,13H2,(H3,23,24)(H,26,27). The summed E-state index contributed by atoms with van der Waals surface area (Å²) in [5.41, 5.74) is 10.2. The van der Waals surface area contributed by atoms with Gasteiger partial charge in [-0.25, -0.2) is 15.0 Å². The van der Waals surface area contributed by atoms with E-state index >= 15 is 0 Å². The van der Waals surface area contributed by atoms with Crippen LogP contribution in [0, 0.1) is 5.41 Å². The number of aromatic nitrogens is 6. The third kappa shape index (κ3) is 3.43. The Hall–Kier alpha value is -3.94. The molecule has 4 N–H and O–H groups in total. The molecule has 0 saturated heterocycles. The Morgan fingerprint density at radius 1 is 1.07 bits per heavy atom. The van der Waals surface area contributed by atoms with Crippen LogP contribution in [0.4, 0.5) is 0 Å². The molecule has 2 aromatic carbocycles. The zero-order valence-electron chi connectivity index (χ0n) is 16.4. The third-order valence-corrected chi connectivity index (χ3v) is 5.26. The predicted molar refractivity (Wildman–Crippen MR) is 116 cm³/mol. The van der Waals surface area contributed by atoms with E-state index < -0.39 is 0 Å². The summed E-state index contributed by atoms with van der Waals surface area (Å²) in [4.78, 5) is 17.1. The van der Waals surface area contributed by atoms with Gasteiger partial charge in [0, 0.05) is 31.0 Å². The molecule has 0 unspecified atom stereocenters. The monoisotopic (exact) mass is 398 g/mol. The molecule has 5 aromatic rings. The molecule has 3 aromatic heterocycles. The molecule has 8 nitrogen and oxygen atoms in total. The van der Waals surface area contributed by atoms with Crippen molar-refractivity contribution in [3.8, 4) is 0 Å². The van der Waals surface area contributed by atoms with Gasteiger partial charge >= 0.3 is 0 Å². The van der Waals surface area contributed by atoms with E-state index in [-0.39, 0.29) is 5.84 Å². The lowest BCUT2D eigenvalue weighted by atomic mass is 10.2. The minimum Gasteiger partial charge on any atom is -0.384 e. The van der Waals surface area contributed by atoms with Crippen molar-refractivity contribution in [3.05, 3.63) is 78.4 Å². The van der Waals surface area contributed by atoms with Gasteiger partial charge in [-0.15, -0.1) is 0 Å². The van der Waals surface area contributed by atoms with E-state index in [1.807, 2.05) is 55.0 Å². The highest BCUT2D eigenvalue weighted by Crippen LogP contribution is 2.21. The van der Waals surface area contributed by atoms with Gasteiger partial charge in [0.25, 0.3) is 0 Å². The number of hydrogen-bond donors (Lipinski definition) is 3. The van der Waals surface area contributed by atoms with E-state index in [4.69, 9.17) is 21.1 Å². The van der Waals surface area contributed by atoms with Crippen LogP contribution in [0.3, 0.4) is 0 Å². The first kappa shape index (κ1) is 18.1. The average molecular weight is 398 g/mol. The summed E-state index contributed by atoms with van der Waals surface area (Å²) in [7, 11) is 0. The predicted octanol–water partition coefficient (Wildman–Crippen LogP) is 3.07. The molecule has 0 radical (unpaired) electrons. The molecule has 30 heavy (non-hydrogen) atoms. The minimum absolute atomic E-state index is 0.0467. The maximum absolute atomic E-state index is 7.72. The molecule has 0 atom stereocenters. The van der Waals surface area contributed by atoms with Gasteiger partial charge in [-0.1, -0.05) is 12.1 Å². The number of amidine groups is 1. The van der Waals surface area contributed by atoms with E-state index in [0.29, 0.717) is 12.0 Å². The molecule has 0 aliphatic heterocycles. The molecule has 0 amide bonds. The first-order valence-corrected chi connectivity index (χ1v) is 9.90. The Labute approximate surface area is 172 Å². The molecule has 0 aliphatic rings. The Balaban J connectivity index is 1.49. The maximum Gasteiger partial charge on any atom is 0.122 e. The van der Waals surface area contributed by atoms with E-state index in [2.05, 4.69) is 19.1 Å². The fraction of sp³-hybridized carbons (Fsp3) is 0.182. The lowest BCUT2D eigenvalue weighted by Gasteiger charge is -2.09. The third-order valence-electron chi connectivity index (χ3n) is 5.26. The van der Waals surface area contributed by atoms with Gasteiger partial charge in [-0.2, -0.15) is 0 Å². The normalized spacial score (nSPS) is 11.5. The number of fused-ring (bicyclic) bond motifs is 2. The fourth-order valence-corrected chi connectivity index (χ4v) is 3.80. The second kappa shape index (κ2) is 7.47. The first-order chi connectivity index (χ1) is 14.7. The van der Waals surface area contributed by atoms with Crippen LogP contribution in [0.1, 0.15) is 23.6 Å².